The van der Waals surface area contributed by atoms with Gasteiger partial charge in [0.25, 0.3) is 5.56 Å². The van der Waals surface area contributed by atoms with Crippen molar-refractivity contribution in [3.63, 3.8) is 0 Å². The number of aliphatic hydroxyl groups is 3. The molecule has 1 saturated heterocycles. The van der Waals surface area contributed by atoms with Crippen molar-refractivity contribution in [3.05, 3.63) is 62.9 Å². The molecule has 0 radical (unpaired) electrons. The van der Waals surface area contributed by atoms with Crippen LogP contribution in [0.25, 0.3) is 0 Å². The van der Waals surface area contributed by atoms with E-state index < -0.39 is 42.4 Å². The highest BCUT2D eigenvalue weighted by Crippen LogP contribution is 2.28. The Bertz CT molecular complexity index is 837. The van der Waals surface area contributed by atoms with Crippen molar-refractivity contribution >= 4 is 11.8 Å². The van der Waals surface area contributed by atoms with Gasteiger partial charge in [0.05, 0.1) is 6.61 Å². The summed E-state index contributed by atoms with van der Waals surface area (Å²) < 4.78 is 6.38. The molecule has 0 saturated carbocycles. The average molecular weight is 366 g/mol. The monoisotopic (exact) mass is 366 g/mol. The zero-order valence-corrected chi connectivity index (χ0v) is 13.9. The van der Waals surface area contributed by atoms with Gasteiger partial charge in [0, 0.05) is 22.4 Å². The number of ether oxygens (including phenoxy) is 1. The lowest BCUT2D eigenvalue weighted by molar-refractivity contribution is -0.0551. The summed E-state index contributed by atoms with van der Waals surface area (Å²) >= 11 is 1.42. The third-order valence-electron chi connectivity index (χ3n) is 3.97. The highest BCUT2D eigenvalue weighted by Gasteiger charge is 2.43. The minimum Gasteiger partial charge on any atom is -0.394 e. The molecule has 1 aliphatic heterocycles. The third kappa shape index (κ3) is 3.70. The van der Waals surface area contributed by atoms with Crippen molar-refractivity contribution in [1.29, 1.82) is 0 Å². The zero-order chi connectivity index (χ0) is 18.0. The van der Waals surface area contributed by atoms with Crippen LogP contribution in [-0.4, -0.2) is 49.8 Å². The van der Waals surface area contributed by atoms with E-state index >= 15 is 0 Å². The number of hydrogen-bond acceptors (Lipinski definition) is 7. The van der Waals surface area contributed by atoms with Gasteiger partial charge >= 0.3 is 5.69 Å². The third-order valence-corrected chi connectivity index (χ3v) is 5.03. The molecule has 0 unspecified atom stereocenters. The molecule has 3 rings (SSSR count). The maximum atomic E-state index is 12.1. The average Bonchev–Trinajstić information content (AvgIpc) is 2.90. The number of benzene rings is 1. The van der Waals surface area contributed by atoms with E-state index in [1.807, 2.05) is 30.3 Å². The Balaban J connectivity index is 1.86. The molecule has 2 heterocycles. The summed E-state index contributed by atoms with van der Waals surface area (Å²) in [5, 5.41) is 29.0. The van der Waals surface area contributed by atoms with Gasteiger partial charge in [0.15, 0.2) is 6.23 Å². The molecule has 0 aliphatic carbocycles. The molecule has 1 aromatic heterocycles. The SMILES string of the molecule is O=c1[nH]c(=O)n([C@@H]2O[C@H](CO)[C@@H](O)[C@H]2O)cc1CSc1ccccc1. The van der Waals surface area contributed by atoms with Gasteiger partial charge < -0.3 is 20.1 Å². The van der Waals surface area contributed by atoms with Crippen molar-refractivity contribution in [2.75, 3.05) is 6.61 Å². The fourth-order valence-electron chi connectivity index (χ4n) is 2.61. The first-order valence-corrected chi connectivity index (χ1v) is 8.64. The van der Waals surface area contributed by atoms with Crippen LogP contribution in [0.4, 0.5) is 0 Å². The first-order valence-electron chi connectivity index (χ1n) is 7.66. The number of nitrogens with zero attached hydrogens (tertiary/aromatic N) is 1. The van der Waals surface area contributed by atoms with Crippen molar-refractivity contribution in [3.8, 4) is 0 Å². The Kier molecular flexibility index (Phi) is 5.40. The molecular formula is C16H18N2O6S. The summed E-state index contributed by atoms with van der Waals surface area (Å²) in [4.78, 5) is 27.2. The van der Waals surface area contributed by atoms with Crippen LogP contribution in [0.3, 0.4) is 0 Å². The molecule has 4 atom stereocenters. The molecule has 9 heteroatoms. The van der Waals surface area contributed by atoms with Gasteiger partial charge in [-0.15, -0.1) is 11.8 Å². The number of aromatic amines is 1. The van der Waals surface area contributed by atoms with E-state index in [1.165, 1.54) is 18.0 Å². The highest BCUT2D eigenvalue weighted by atomic mass is 32.2. The van der Waals surface area contributed by atoms with Gasteiger partial charge in [-0.3, -0.25) is 14.3 Å². The van der Waals surface area contributed by atoms with Gasteiger partial charge in [0.1, 0.15) is 18.3 Å². The Morgan fingerprint density at radius 3 is 2.52 bits per heavy atom. The summed E-state index contributed by atoms with van der Waals surface area (Å²) in [6, 6.07) is 9.46. The summed E-state index contributed by atoms with van der Waals surface area (Å²) in [6.45, 7) is -0.496. The molecule has 4 N–H and O–H groups in total. The van der Waals surface area contributed by atoms with Gasteiger partial charge in [-0.05, 0) is 12.1 Å². The summed E-state index contributed by atoms with van der Waals surface area (Å²) in [5.74, 6) is 0.314. The van der Waals surface area contributed by atoms with Crippen molar-refractivity contribution in [1.82, 2.24) is 9.55 Å². The van der Waals surface area contributed by atoms with Gasteiger partial charge in [-0.2, -0.15) is 0 Å². The van der Waals surface area contributed by atoms with Crippen LogP contribution in [0.5, 0.6) is 0 Å². The largest absolute Gasteiger partial charge is 0.394 e. The van der Waals surface area contributed by atoms with Crippen LogP contribution in [0.1, 0.15) is 11.8 Å². The van der Waals surface area contributed by atoms with E-state index in [9.17, 15) is 19.8 Å². The van der Waals surface area contributed by atoms with Crippen LogP contribution in [0.2, 0.25) is 0 Å². The van der Waals surface area contributed by atoms with Crippen LogP contribution < -0.4 is 11.2 Å². The van der Waals surface area contributed by atoms with Crippen LogP contribution >= 0.6 is 11.8 Å². The van der Waals surface area contributed by atoms with Crippen LogP contribution in [0, 0.1) is 0 Å². The van der Waals surface area contributed by atoms with Crippen LogP contribution in [0.15, 0.2) is 51.0 Å². The van der Waals surface area contributed by atoms with Crippen molar-refractivity contribution in [2.24, 2.45) is 0 Å². The van der Waals surface area contributed by atoms with Crippen molar-refractivity contribution < 1.29 is 20.1 Å². The molecule has 1 fully saturated rings. The number of aromatic nitrogens is 2. The number of hydrogen-bond donors (Lipinski definition) is 4. The molecule has 134 valence electrons. The highest BCUT2D eigenvalue weighted by molar-refractivity contribution is 7.98. The van der Waals surface area contributed by atoms with E-state index in [0.29, 0.717) is 11.3 Å². The first-order chi connectivity index (χ1) is 12.0. The molecule has 0 amide bonds. The van der Waals surface area contributed by atoms with E-state index in [-0.39, 0.29) is 0 Å². The normalized spacial score (nSPS) is 26.0. The summed E-state index contributed by atoms with van der Waals surface area (Å²) in [5.41, 5.74) is -0.948. The molecule has 8 nitrogen and oxygen atoms in total. The lowest BCUT2D eigenvalue weighted by atomic mass is 10.1. The van der Waals surface area contributed by atoms with Gasteiger partial charge in [-0.25, -0.2) is 4.79 Å². The Morgan fingerprint density at radius 2 is 1.88 bits per heavy atom. The second-order valence-electron chi connectivity index (χ2n) is 5.65. The molecule has 0 spiro atoms. The molecule has 1 aliphatic rings. The molecule has 25 heavy (non-hydrogen) atoms. The topological polar surface area (TPSA) is 125 Å². The zero-order valence-electron chi connectivity index (χ0n) is 13.1. The van der Waals surface area contributed by atoms with Crippen LogP contribution in [-0.2, 0) is 10.5 Å². The second kappa shape index (κ2) is 7.54. The van der Waals surface area contributed by atoms with E-state index in [4.69, 9.17) is 9.84 Å². The van der Waals surface area contributed by atoms with E-state index in [2.05, 4.69) is 4.98 Å². The van der Waals surface area contributed by atoms with Gasteiger partial charge in [0.2, 0.25) is 0 Å². The minimum absolute atomic E-state index is 0.314. The Morgan fingerprint density at radius 1 is 1.16 bits per heavy atom. The quantitative estimate of drug-likeness (QED) is 0.523. The molecule has 2 aromatic rings. The van der Waals surface area contributed by atoms with Gasteiger partial charge in [-0.1, -0.05) is 18.2 Å². The molecule has 1 aromatic carbocycles. The number of nitrogens with one attached hydrogen (secondary N) is 1. The van der Waals surface area contributed by atoms with Crippen molar-refractivity contribution in [2.45, 2.75) is 35.2 Å². The fourth-order valence-corrected chi connectivity index (χ4v) is 3.48. The lowest BCUT2D eigenvalue weighted by Crippen LogP contribution is -2.38. The number of rotatable bonds is 5. The maximum absolute atomic E-state index is 12.1. The Labute approximate surface area is 146 Å². The fraction of sp³-hybridized carbons (Fsp3) is 0.375. The molecule has 0 bridgehead atoms. The summed E-state index contributed by atoms with van der Waals surface area (Å²) in [6.07, 6.45) is -3.58. The van der Waals surface area contributed by atoms with E-state index in [0.717, 1.165) is 9.46 Å². The smallest absolute Gasteiger partial charge is 0.330 e. The summed E-state index contributed by atoms with van der Waals surface area (Å²) in [7, 11) is 0. The standard InChI is InChI=1S/C16H18N2O6S/c19-7-11-12(20)13(21)15(24-11)18-6-9(14(22)17-16(18)23)8-25-10-4-2-1-3-5-10/h1-6,11-13,15,19-21H,7-8H2,(H,17,22,23)/t11-,12-,13-,15-/m1/s1. The number of aliphatic hydroxyl groups excluding tert-OH is 3. The Hall–Kier alpha value is -1.91. The number of H-pyrrole nitrogens is 1. The maximum Gasteiger partial charge on any atom is 0.330 e. The minimum atomic E-state index is -1.39. The predicted molar refractivity (Wildman–Crippen MR) is 90.3 cm³/mol. The lowest BCUT2D eigenvalue weighted by Gasteiger charge is -2.18. The predicted octanol–water partition coefficient (Wildman–Crippen LogP) is -0.560. The second-order valence-corrected chi connectivity index (χ2v) is 6.70. The first kappa shape index (κ1) is 17.9. The molecular weight excluding hydrogens is 348 g/mol. The number of thioether (sulfide) groups is 1. The van der Waals surface area contributed by atoms with E-state index in [1.54, 1.807) is 0 Å².